The lowest BCUT2D eigenvalue weighted by molar-refractivity contribution is -0.127. The van der Waals surface area contributed by atoms with Crippen LogP contribution in [0.4, 0.5) is 13.2 Å². The average molecular weight is 289 g/mol. The average Bonchev–Trinajstić information content (AvgIpc) is 2.11. The number of Topliss-reactive ketones (excluding diaryl/α,β-unsaturated/α-hetero) is 1. The molecule has 1 N–H and O–H groups in total. The normalized spacial score (nSPS) is 13.7. The molecule has 0 aromatic heterocycles. The Morgan fingerprint density at radius 3 is 2.06 bits per heavy atom. The molecule has 0 fully saturated rings. The Morgan fingerprint density at radius 2 is 1.67 bits per heavy atom. The number of sulfone groups is 1. The maximum Gasteiger partial charge on any atom is 0.401 e. The first-order valence-corrected chi connectivity index (χ1v) is 7.02. The third-order valence-electron chi connectivity index (χ3n) is 2.23. The second-order valence-electron chi connectivity index (χ2n) is 4.94. The fourth-order valence-corrected chi connectivity index (χ4v) is 2.10. The van der Waals surface area contributed by atoms with Crippen LogP contribution in [0.15, 0.2) is 0 Å². The monoisotopic (exact) mass is 289 g/mol. The first-order valence-electron chi connectivity index (χ1n) is 5.36. The molecule has 0 unspecified atom stereocenters. The van der Waals surface area contributed by atoms with Crippen LogP contribution in [0.3, 0.4) is 0 Å². The minimum absolute atomic E-state index is 0.273. The maximum absolute atomic E-state index is 11.8. The van der Waals surface area contributed by atoms with E-state index in [9.17, 15) is 26.4 Å². The smallest absolute Gasteiger partial charge is 0.302 e. The second-order valence-corrected chi connectivity index (χ2v) is 7.80. The standard InChI is InChI=1S/C10H18F3NO3S/c1-9(2,3)18(16,17)5-4-8(15)6-14-7-10(11,12)13/h14H,4-7H2,1-3H3. The van der Waals surface area contributed by atoms with Crippen molar-refractivity contribution in [3.05, 3.63) is 0 Å². The molecule has 0 rings (SSSR count). The Balaban J connectivity index is 4.07. The van der Waals surface area contributed by atoms with E-state index in [1.54, 1.807) is 0 Å². The number of carbonyl (C=O) groups is 1. The van der Waals surface area contributed by atoms with E-state index in [1.807, 2.05) is 5.32 Å². The second kappa shape index (κ2) is 6.01. The van der Waals surface area contributed by atoms with Gasteiger partial charge in [-0.15, -0.1) is 0 Å². The Labute approximate surface area is 105 Å². The van der Waals surface area contributed by atoms with E-state index in [0.29, 0.717) is 0 Å². The van der Waals surface area contributed by atoms with E-state index in [0.717, 1.165) is 0 Å². The highest BCUT2D eigenvalue weighted by atomic mass is 32.2. The summed E-state index contributed by atoms with van der Waals surface area (Å²) in [5.41, 5.74) is 0. The van der Waals surface area contributed by atoms with Crippen LogP contribution in [0, 0.1) is 0 Å². The van der Waals surface area contributed by atoms with Crippen molar-refractivity contribution in [2.75, 3.05) is 18.8 Å². The van der Waals surface area contributed by atoms with Gasteiger partial charge in [0.25, 0.3) is 0 Å². The van der Waals surface area contributed by atoms with Gasteiger partial charge in [0, 0.05) is 6.42 Å². The Kier molecular flexibility index (Phi) is 5.80. The van der Waals surface area contributed by atoms with Crippen molar-refractivity contribution in [2.24, 2.45) is 0 Å². The van der Waals surface area contributed by atoms with Gasteiger partial charge in [0.1, 0.15) is 5.78 Å². The van der Waals surface area contributed by atoms with E-state index in [-0.39, 0.29) is 12.2 Å². The van der Waals surface area contributed by atoms with Crippen LogP contribution in [0.25, 0.3) is 0 Å². The largest absolute Gasteiger partial charge is 0.401 e. The van der Waals surface area contributed by atoms with E-state index >= 15 is 0 Å². The van der Waals surface area contributed by atoms with Crippen molar-refractivity contribution >= 4 is 15.6 Å². The zero-order valence-corrected chi connectivity index (χ0v) is 11.4. The van der Waals surface area contributed by atoms with Crippen LogP contribution in [0.5, 0.6) is 0 Å². The Hall–Kier alpha value is -0.630. The quantitative estimate of drug-likeness (QED) is 0.801. The van der Waals surface area contributed by atoms with Gasteiger partial charge in [0.05, 0.1) is 23.6 Å². The van der Waals surface area contributed by atoms with E-state index < -0.39 is 39.6 Å². The molecule has 0 bridgehead atoms. The number of alkyl halides is 3. The van der Waals surface area contributed by atoms with Crippen LogP contribution >= 0.6 is 0 Å². The fraction of sp³-hybridized carbons (Fsp3) is 0.900. The van der Waals surface area contributed by atoms with Crippen molar-refractivity contribution in [3.63, 3.8) is 0 Å². The molecule has 0 aliphatic heterocycles. The third-order valence-corrected chi connectivity index (χ3v) is 4.84. The summed E-state index contributed by atoms with van der Waals surface area (Å²) in [4.78, 5) is 11.2. The van der Waals surface area contributed by atoms with Crippen LogP contribution in [-0.4, -0.2) is 44.0 Å². The molecule has 0 aliphatic rings. The minimum atomic E-state index is -4.38. The Bertz CT molecular complexity index is 382. The predicted molar refractivity (Wildman–Crippen MR) is 62.1 cm³/mol. The molecule has 108 valence electrons. The summed E-state index contributed by atoms with van der Waals surface area (Å²) < 4.78 is 57.6. The highest BCUT2D eigenvalue weighted by Gasteiger charge is 2.29. The van der Waals surface area contributed by atoms with Crippen molar-refractivity contribution < 1.29 is 26.4 Å². The molecule has 4 nitrogen and oxygen atoms in total. The van der Waals surface area contributed by atoms with Gasteiger partial charge in [0.2, 0.25) is 0 Å². The van der Waals surface area contributed by atoms with Crippen LogP contribution in [-0.2, 0) is 14.6 Å². The molecule has 0 saturated carbocycles. The summed E-state index contributed by atoms with van der Waals surface area (Å²) >= 11 is 0. The number of hydrogen-bond acceptors (Lipinski definition) is 4. The van der Waals surface area contributed by atoms with E-state index in [2.05, 4.69) is 0 Å². The van der Waals surface area contributed by atoms with Gasteiger partial charge in [-0.25, -0.2) is 8.42 Å². The zero-order valence-electron chi connectivity index (χ0n) is 10.6. The van der Waals surface area contributed by atoms with Gasteiger partial charge in [-0.3, -0.25) is 4.79 Å². The number of halogens is 3. The van der Waals surface area contributed by atoms with E-state index in [1.165, 1.54) is 20.8 Å². The zero-order chi connectivity index (χ0) is 14.6. The highest BCUT2D eigenvalue weighted by molar-refractivity contribution is 7.92. The fourth-order valence-electron chi connectivity index (χ4n) is 0.986. The number of carbonyl (C=O) groups excluding carboxylic acids is 1. The van der Waals surface area contributed by atoms with Gasteiger partial charge in [0.15, 0.2) is 9.84 Å². The van der Waals surface area contributed by atoms with E-state index in [4.69, 9.17) is 0 Å². The number of nitrogens with one attached hydrogen (secondary N) is 1. The molecule has 0 heterocycles. The molecule has 18 heavy (non-hydrogen) atoms. The van der Waals surface area contributed by atoms with Crippen molar-refractivity contribution in [2.45, 2.75) is 38.1 Å². The number of ketones is 1. The van der Waals surface area contributed by atoms with Crippen LogP contribution in [0.1, 0.15) is 27.2 Å². The van der Waals surface area contributed by atoms with Gasteiger partial charge < -0.3 is 5.32 Å². The van der Waals surface area contributed by atoms with Crippen LogP contribution in [0.2, 0.25) is 0 Å². The summed E-state index contributed by atoms with van der Waals surface area (Å²) in [6.45, 7) is 2.79. The number of rotatable bonds is 6. The van der Waals surface area contributed by atoms with Crippen molar-refractivity contribution in [1.29, 1.82) is 0 Å². The summed E-state index contributed by atoms with van der Waals surface area (Å²) in [6, 6.07) is 0. The molecule has 0 radical (unpaired) electrons. The molecule has 0 amide bonds. The molecule has 0 saturated heterocycles. The van der Waals surface area contributed by atoms with Crippen LogP contribution < -0.4 is 5.32 Å². The molecular formula is C10H18F3NO3S. The molecule has 0 aromatic rings. The van der Waals surface area contributed by atoms with Gasteiger partial charge >= 0.3 is 6.18 Å². The Morgan fingerprint density at radius 1 is 1.17 bits per heavy atom. The lowest BCUT2D eigenvalue weighted by Gasteiger charge is -2.18. The topological polar surface area (TPSA) is 63.2 Å². The molecule has 0 atom stereocenters. The molecule has 0 spiro atoms. The first kappa shape index (κ1) is 17.4. The molecular weight excluding hydrogens is 271 g/mol. The highest BCUT2D eigenvalue weighted by Crippen LogP contribution is 2.16. The first-order chi connectivity index (χ1) is 7.85. The molecule has 0 aromatic carbocycles. The van der Waals surface area contributed by atoms with Gasteiger partial charge in [-0.2, -0.15) is 13.2 Å². The summed E-state index contributed by atoms with van der Waals surface area (Å²) in [7, 11) is -3.42. The lowest BCUT2D eigenvalue weighted by Crippen LogP contribution is -2.35. The summed E-state index contributed by atoms with van der Waals surface area (Å²) in [5.74, 6) is -0.893. The summed E-state index contributed by atoms with van der Waals surface area (Å²) in [6.07, 6.45) is -4.65. The summed E-state index contributed by atoms with van der Waals surface area (Å²) in [5, 5.41) is 1.93. The molecule has 0 aliphatic carbocycles. The molecule has 8 heteroatoms. The third kappa shape index (κ3) is 6.95. The SMILES string of the molecule is CC(C)(C)S(=O)(=O)CCC(=O)CNCC(F)(F)F. The minimum Gasteiger partial charge on any atom is -0.302 e. The predicted octanol–water partition coefficient (Wildman–Crippen LogP) is 1.31. The number of hydrogen-bond donors (Lipinski definition) is 1. The van der Waals surface area contributed by atoms with Gasteiger partial charge in [-0.1, -0.05) is 0 Å². The lowest BCUT2D eigenvalue weighted by atomic mass is 10.3. The van der Waals surface area contributed by atoms with Crippen molar-refractivity contribution in [1.82, 2.24) is 5.32 Å². The van der Waals surface area contributed by atoms with Crippen molar-refractivity contribution in [3.8, 4) is 0 Å². The maximum atomic E-state index is 11.8. The van der Waals surface area contributed by atoms with Gasteiger partial charge in [-0.05, 0) is 20.8 Å².